The molecule has 3 nitrogen and oxygen atoms in total. The maximum atomic E-state index is 5.78. The number of benzene rings is 1. The number of hydrogen-bond donors (Lipinski definition) is 1. The van der Waals surface area contributed by atoms with E-state index < -0.39 is 0 Å². The van der Waals surface area contributed by atoms with Crippen LogP contribution in [0.4, 0.5) is 0 Å². The maximum Gasteiger partial charge on any atom is 0.138 e. The molecule has 0 aliphatic carbocycles. The second kappa shape index (κ2) is 4.52. The Morgan fingerprint density at radius 1 is 1.53 bits per heavy atom. The largest absolute Gasteiger partial charge is 0.481 e. The van der Waals surface area contributed by atoms with Crippen molar-refractivity contribution >= 4 is 11.8 Å². The average molecular weight is 250 g/mol. The van der Waals surface area contributed by atoms with Gasteiger partial charge in [0.15, 0.2) is 0 Å². The molecule has 4 heteroatoms. The summed E-state index contributed by atoms with van der Waals surface area (Å²) in [6.07, 6.45) is 1.18. The number of likely N-dealkylation sites (tertiary alicyclic amines) is 1. The molecule has 92 valence electrons. The first kappa shape index (κ1) is 11.4. The minimum atomic E-state index is 0.523. The van der Waals surface area contributed by atoms with E-state index in [1.165, 1.54) is 16.9 Å². The van der Waals surface area contributed by atoms with Crippen LogP contribution in [0.2, 0.25) is 0 Å². The molecule has 1 aromatic rings. The smallest absolute Gasteiger partial charge is 0.138 e. The third-order valence-electron chi connectivity index (χ3n) is 3.75. The van der Waals surface area contributed by atoms with Crippen molar-refractivity contribution < 1.29 is 4.74 Å². The van der Waals surface area contributed by atoms with E-state index >= 15 is 0 Å². The molecule has 0 amide bonds. The summed E-state index contributed by atoms with van der Waals surface area (Å²) in [6.45, 7) is 1.91. The van der Waals surface area contributed by atoms with Crippen molar-refractivity contribution in [2.75, 3.05) is 26.1 Å². The second-order valence-electron chi connectivity index (χ2n) is 4.91. The maximum absolute atomic E-state index is 5.78. The summed E-state index contributed by atoms with van der Waals surface area (Å²) in [4.78, 5) is 3.70. The molecule has 1 aromatic carbocycles. The van der Waals surface area contributed by atoms with Gasteiger partial charge in [0.25, 0.3) is 0 Å². The van der Waals surface area contributed by atoms with E-state index in [4.69, 9.17) is 10.5 Å². The van der Waals surface area contributed by atoms with Gasteiger partial charge in [0.1, 0.15) is 11.7 Å². The Balaban J connectivity index is 1.84. The molecule has 2 unspecified atom stereocenters. The highest BCUT2D eigenvalue weighted by atomic mass is 32.2. The molecule has 2 aliphatic heterocycles. The van der Waals surface area contributed by atoms with Crippen LogP contribution < -0.4 is 10.5 Å². The molecule has 0 saturated carbocycles. The van der Waals surface area contributed by atoms with Crippen LogP contribution in [0.15, 0.2) is 23.1 Å². The fourth-order valence-electron chi connectivity index (χ4n) is 2.79. The standard InChI is InChI=1S/C13H18N2OS/c1-15-7-9(6-14)4-11(15)10-2-3-12-13(5-10)17-8-16-12/h2-3,5,9,11H,4,6-8,14H2,1H3. The lowest BCUT2D eigenvalue weighted by molar-refractivity contribution is 0.313. The van der Waals surface area contributed by atoms with Crippen molar-refractivity contribution in [2.45, 2.75) is 17.4 Å². The first-order chi connectivity index (χ1) is 8.28. The molecule has 2 aliphatic rings. The molecule has 1 saturated heterocycles. The van der Waals surface area contributed by atoms with Crippen molar-refractivity contribution in [1.82, 2.24) is 4.90 Å². The highest BCUT2D eigenvalue weighted by Gasteiger charge is 2.30. The van der Waals surface area contributed by atoms with Crippen LogP contribution in [-0.4, -0.2) is 31.0 Å². The molecule has 2 atom stereocenters. The quantitative estimate of drug-likeness (QED) is 0.872. The Labute approximate surface area is 106 Å². The van der Waals surface area contributed by atoms with Gasteiger partial charge in [-0.2, -0.15) is 0 Å². The van der Waals surface area contributed by atoms with Crippen molar-refractivity contribution in [3.63, 3.8) is 0 Å². The average Bonchev–Trinajstić information content (AvgIpc) is 2.93. The zero-order valence-corrected chi connectivity index (χ0v) is 10.9. The van der Waals surface area contributed by atoms with E-state index in [1.807, 2.05) is 0 Å². The van der Waals surface area contributed by atoms with Gasteiger partial charge < -0.3 is 10.5 Å². The Morgan fingerprint density at radius 2 is 2.41 bits per heavy atom. The lowest BCUT2D eigenvalue weighted by Gasteiger charge is -2.19. The summed E-state index contributed by atoms with van der Waals surface area (Å²) >= 11 is 1.78. The normalized spacial score (nSPS) is 28.1. The first-order valence-corrected chi connectivity index (χ1v) is 7.06. The second-order valence-corrected chi connectivity index (χ2v) is 5.87. The number of hydrogen-bond acceptors (Lipinski definition) is 4. The van der Waals surface area contributed by atoms with Crippen molar-refractivity contribution in [2.24, 2.45) is 11.7 Å². The van der Waals surface area contributed by atoms with Crippen molar-refractivity contribution in [3.8, 4) is 5.75 Å². The lowest BCUT2D eigenvalue weighted by atomic mass is 10.00. The number of fused-ring (bicyclic) bond motifs is 1. The molecule has 17 heavy (non-hydrogen) atoms. The van der Waals surface area contributed by atoms with Crippen LogP contribution in [0.25, 0.3) is 0 Å². The summed E-state index contributed by atoms with van der Waals surface area (Å²) in [5, 5.41) is 0. The fourth-order valence-corrected chi connectivity index (χ4v) is 3.59. The minimum Gasteiger partial charge on any atom is -0.481 e. The minimum absolute atomic E-state index is 0.523. The van der Waals surface area contributed by atoms with Gasteiger partial charge in [0.05, 0.1) is 4.90 Å². The van der Waals surface area contributed by atoms with E-state index in [2.05, 4.69) is 30.1 Å². The third kappa shape index (κ3) is 2.05. The number of nitrogens with zero attached hydrogens (tertiary/aromatic N) is 1. The molecule has 1 fully saturated rings. The van der Waals surface area contributed by atoms with Gasteiger partial charge >= 0.3 is 0 Å². The van der Waals surface area contributed by atoms with Crippen LogP contribution in [-0.2, 0) is 0 Å². The first-order valence-electron chi connectivity index (χ1n) is 6.08. The molecular formula is C13H18N2OS. The predicted molar refractivity (Wildman–Crippen MR) is 70.3 cm³/mol. The highest BCUT2D eigenvalue weighted by molar-refractivity contribution is 7.99. The molecule has 2 heterocycles. The number of nitrogens with two attached hydrogens (primary N) is 1. The van der Waals surface area contributed by atoms with E-state index in [0.717, 1.165) is 24.8 Å². The number of ether oxygens (including phenoxy) is 1. The van der Waals surface area contributed by atoms with Gasteiger partial charge in [-0.1, -0.05) is 17.8 Å². The zero-order chi connectivity index (χ0) is 11.8. The number of thioether (sulfide) groups is 1. The van der Waals surface area contributed by atoms with Crippen molar-refractivity contribution in [3.05, 3.63) is 23.8 Å². The van der Waals surface area contributed by atoms with Crippen LogP contribution >= 0.6 is 11.8 Å². The van der Waals surface area contributed by atoms with Gasteiger partial charge in [-0.05, 0) is 43.6 Å². The Morgan fingerprint density at radius 3 is 3.18 bits per heavy atom. The van der Waals surface area contributed by atoms with Crippen LogP contribution in [0, 0.1) is 5.92 Å². The van der Waals surface area contributed by atoms with Gasteiger partial charge in [-0.25, -0.2) is 0 Å². The predicted octanol–water partition coefficient (Wildman–Crippen LogP) is 2.08. The van der Waals surface area contributed by atoms with Gasteiger partial charge in [-0.15, -0.1) is 0 Å². The Hall–Kier alpha value is -0.710. The van der Waals surface area contributed by atoms with Crippen molar-refractivity contribution in [1.29, 1.82) is 0 Å². The summed E-state index contributed by atoms with van der Waals surface area (Å²) < 4.78 is 5.51. The summed E-state index contributed by atoms with van der Waals surface area (Å²) in [5.41, 5.74) is 7.18. The van der Waals surface area contributed by atoms with Gasteiger partial charge in [0, 0.05) is 12.6 Å². The Kier molecular flexibility index (Phi) is 3.03. The Bertz CT molecular complexity index is 424. The van der Waals surface area contributed by atoms with E-state index in [-0.39, 0.29) is 0 Å². The number of rotatable bonds is 2. The summed E-state index contributed by atoms with van der Waals surface area (Å²) in [6, 6.07) is 7.11. The van der Waals surface area contributed by atoms with Crippen LogP contribution in [0.1, 0.15) is 18.0 Å². The van der Waals surface area contributed by atoms with E-state index in [9.17, 15) is 0 Å². The van der Waals surface area contributed by atoms with E-state index in [1.54, 1.807) is 11.8 Å². The third-order valence-corrected chi connectivity index (χ3v) is 4.62. The SMILES string of the molecule is CN1CC(CN)CC1c1ccc2c(c1)SCO2. The fraction of sp³-hybridized carbons (Fsp3) is 0.538. The van der Waals surface area contributed by atoms with Crippen LogP contribution in [0.5, 0.6) is 5.75 Å². The molecule has 0 bridgehead atoms. The monoisotopic (exact) mass is 250 g/mol. The molecule has 0 radical (unpaired) electrons. The van der Waals surface area contributed by atoms with E-state index in [0.29, 0.717) is 12.0 Å². The lowest BCUT2D eigenvalue weighted by Crippen LogP contribution is -2.20. The molecule has 2 N–H and O–H groups in total. The molecule has 0 spiro atoms. The van der Waals surface area contributed by atoms with Crippen LogP contribution in [0.3, 0.4) is 0 Å². The molecule has 0 aromatic heterocycles. The molecular weight excluding hydrogens is 232 g/mol. The van der Waals surface area contributed by atoms with Gasteiger partial charge in [0.2, 0.25) is 0 Å². The molecule has 3 rings (SSSR count). The summed E-state index contributed by atoms with van der Waals surface area (Å²) in [5.74, 6) is 2.43. The zero-order valence-electron chi connectivity index (χ0n) is 10.1. The topological polar surface area (TPSA) is 38.5 Å². The van der Waals surface area contributed by atoms with Gasteiger partial charge in [-0.3, -0.25) is 4.90 Å². The highest BCUT2D eigenvalue weighted by Crippen LogP contribution is 2.41. The summed E-state index contributed by atoms with van der Waals surface area (Å²) in [7, 11) is 2.19.